The number of hydrogen-bond donors (Lipinski definition) is 3. The molecule has 0 amide bonds. The summed E-state index contributed by atoms with van der Waals surface area (Å²) >= 11 is 0. The van der Waals surface area contributed by atoms with Crippen molar-refractivity contribution < 1.29 is 49.7 Å². The number of nitrogens with one attached hydrogen (secondary N) is 1. The Balaban J connectivity index is 0.00000392. The second kappa shape index (κ2) is 14.4. The second-order valence-corrected chi connectivity index (χ2v) is 7.21. The van der Waals surface area contributed by atoms with Gasteiger partial charge < -0.3 is 44.9 Å². The Morgan fingerprint density at radius 1 is 1.07 bits per heavy atom. The number of carbonyl (C=O) groups excluding carboxylic acids is 1. The van der Waals surface area contributed by atoms with E-state index in [9.17, 15) is 9.90 Å². The highest BCUT2D eigenvalue weighted by Crippen LogP contribution is 2.19. The quantitative estimate of drug-likeness (QED) is 0.304. The Bertz CT molecular complexity index is 714. The van der Waals surface area contributed by atoms with Gasteiger partial charge in [0.15, 0.2) is 5.78 Å². The highest BCUT2D eigenvalue weighted by molar-refractivity contribution is 5.98. The number of ketones is 1. The Kier molecular flexibility index (Phi) is 13.6. The van der Waals surface area contributed by atoms with Crippen molar-refractivity contribution in [1.29, 1.82) is 0 Å². The summed E-state index contributed by atoms with van der Waals surface area (Å²) in [6, 6.07) is 17.0. The van der Waals surface area contributed by atoms with Gasteiger partial charge in [0.25, 0.3) is 0 Å². The zero-order chi connectivity index (χ0) is 19.6. The number of ether oxygens (including phenoxy) is 1. The van der Waals surface area contributed by atoms with Gasteiger partial charge in [0.1, 0.15) is 31.0 Å². The summed E-state index contributed by atoms with van der Waals surface area (Å²) in [4.78, 5) is 13.9. The molecule has 0 bridgehead atoms. The maximum atomic E-state index is 12.6. The molecule has 2 unspecified atom stereocenters. The number of rotatable bonds is 11. The van der Waals surface area contributed by atoms with Crippen LogP contribution in [0, 0.1) is 0 Å². The van der Waals surface area contributed by atoms with Crippen LogP contribution in [0.15, 0.2) is 54.6 Å². The van der Waals surface area contributed by atoms with Crippen LogP contribution in [0.1, 0.15) is 35.4 Å². The molecule has 0 aliphatic heterocycles. The van der Waals surface area contributed by atoms with Crippen LogP contribution in [0.5, 0.6) is 5.75 Å². The average Bonchev–Trinajstić information content (AvgIpc) is 2.68. The summed E-state index contributed by atoms with van der Waals surface area (Å²) in [5.74, 6) is 0.724. The van der Waals surface area contributed by atoms with Gasteiger partial charge in [0.05, 0.1) is 32.6 Å². The maximum Gasteiger partial charge on any atom is 0.172 e. The minimum Gasteiger partial charge on any atom is -1.00 e. The van der Waals surface area contributed by atoms with E-state index in [-0.39, 0.29) is 36.6 Å². The molecule has 0 aliphatic carbocycles. The first-order chi connectivity index (χ1) is 13.0. The van der Waals surface area contributed by atoms with E-state index in [1.54, 1.807) is 0 Å². The molecule has 2 aromatic rings. The molecule has 2 aromatic carbocycles. The highest BCUT2D eigenvalue weighted by Gasteiger charge is 2.20. The molecule has 0 aromatic heterocycles. The fourth-order valence-electron chi connectivity index (χ4n) is 2.88. The monoisotopic (exact) mass is 442 g/mol. The van der Waals surface area contributed by atoms with E-state index in [0.29, 0.717) is 30.9 Å². The van der Waals surface area contributed by atoms with Gasteiger partial charge in [-0.2, -0.15) is 0 Å². The molecule has 5 nitrogen and oxygen atoms in total. The normalized spacial score (nSPS) is 12.4. The van der Waals surface area contributed by atoms with Gasteiger partial charge in [0, 0.05) is 0 Å². The number of aliphatic hydroxyl groups excluding tert-OH is 1. The lowest BCUT2D eigenvalue weighted by atomic mass is 10.0. The first-order valence-electron chi connectivity index (χ1n) is 9.59. The van der Waals surface area contributed by atoms with Crippen LogP contribution >= 0.6 is 0 Å². The van der Waals surface area contributed by atoms with E-state index < -0.39 is 6.10 Å². The van der Waals surface area contributed by atoms with Gasteiger partial charge in [-0.25, -0.2) is 0 Å². The fourth-order valence-corrected chi connectivity index (χ4v) is 2.88. The van der Waals surface area contributed by atoms with E-state index in [2.05, 4.69) is 14.1 Å². The summed E-state index contributed by atoms with van der Waals surface area (Å²) in [7, 11) is 4.14. The van der Waals surface area contributed by atoms with Crippen LogP contribution in [-0.2, 0) is 0 Å². The van der Waals surface area contributed by atoms with Crippen molar-refractivity contribution in [3.8, 4) is 5.75 Å². The Hall–Kier alpha value is -1.63. The highest BCUT2D eigenvalue weighted by atomic mass is 35.5. The molecule has 0 radical (unpaired) electrons. The number of nitrogens with two attached hydrogens (primary N) is 1. The third kappa shape index (κ3) is 9.15. The second-order valence-electron chi connectivity index (χ2n) is 7.21. The lowest BCUT2D eigenvalue weighted by Gasteiger charge is -2.17. The Morgan fingerprint density at radius 2 is 1.69 bits per heavy atom. The van der Waals surface area contributed by atoms with Crippen molar-refractivity contribution in [2.75, 3.05) is 33.8 Å². The number of para-hydroxylation sites is 1. The molecule has 0 fully saturated rings. The SMILES string of the molecule is CC([NH2+]CCC(=O)c1ccccc1OCC[NH+](C)C)C(O)c1ccccc1.[Cl-].[Cl-]. The van der Waals surface area contributed by atoms with Gasteiger partial charge in [-0.3, -0.25) is 4.79 Å². The van der Waals surface area contributed by atoms with Crippen molar-refractivity contribution in [2.24, 2.45) is 0 Å². The average molecular weight is 443 g/mol. The molecule has 0 heterocycles. The molecule has 4 N–H and O–H groups in total. The van der Waals surface area contributed by atoms with E-state index >= 15 is 0 Å². The number of halogens is 2. The molecule has 0 saturated carbocycles. The number of benzene rings is 2. The molecule has 0 aliphatic rings. The predicted molar refractivity (Wildman–Crippen MR) is 106 cm³/mol. The summed E-state index contributed by atoms with van der Waals surface area (Å²) in [6.07, 6.45) is -0.143. The van der Waals surface area contributed by atoms with Gasteiger partial charge in [-0.05, 0) is 24.6 Å². The molecule has 0 spiro atoms. The van der Waals surface area contributed by atoms with Gasteiger partial charge in [-0.15, -0.1) is 0 Å². The maximum absolute atomic E-state index is 12.6. The largest absolute Gasteiger partial charge is 1.00 e. The first kappa shape index (κ1) is 27.4. The van der Waals surface area contributed by atoms with E-state index in [0.717, 1.165) is 12.1 Å². The predicted octanol–water partition coefficient (Wildman–Crippen LogP) is -5.52. The molecule has 2 atom stereocenters. The summed E-state index contributed by atoms with van der Waals surface area (Å²) in [6.45, 7) is 4.06. The van der Waals surface area contributed by atoms with Gasteiger partial charge >= 0.3 is 0 Å². The number of aliphatic hydroxyl groups is 1. The van der Waals surface area contributed by atoms with Crippen LogP contribution in [-0.4, -0.2) is 50.7 Å². The van der Waals surface area contributed by atoms with E-state index in [4.69, 9.17) is 4.74 Å². The fraction of sp³-hybridized carbons (Fsp3) is 0.409. The number of quaternary nitrogens is 2. The third-order valence-corrected chi connectivity index (χ3v) is 4.60. The Morgan fingerprint density at radius 3 is 2.34 bits per heavy atom. The van der Waals surface area contributed by atoms with Gasteiger partial charge in [0.2, 0.25) is 0 Å². The molecule has 2 rings (SSSR count). The summed E-state index contributed by atoms with van der Waals surface area (Å²) in [5.41, 5.74) is 1.53. The summed E-state index contributed by atoms with van der Waals surface area (Å²) in [5, 5.41) is 12.4. The van der Waals surface area contributed by atoms with Crippen molar-refractivity contribution >= 4 is 5.78 Å². The Labute approximate surface area is 186 Å². The zero-order valence-corrected chi connectivity index (χ0v) is 18.8. The molecular weight excluding hydrogens is 411 g/mol. The minimum atomic E-state index is -0.551. The molecule has 29 heavy (non-hydrogen) atoms. The number of hydrogen-bond acceptors (Lipinski definition) is 3. The minimum absolute atomic E-state index is 0. The smallest absolute Gasteiger partial charge is 0.172 e. The molecular formula is C22H32Cl2N2O3. The standard InChI is InChI=1S/C22H30N2O3.2ClH/c1-17(22(26)18-9-5-4-6-10-18)23-14-13-20(25)19-11-7-8-12-21(19)27-16-15-24(2)3;;/h4-12,17,22-23,26H,13-16H2,1-3H3;2*1H. The lowest BCUT2D eigenvalue weighted by Crippen LogP contribution is -3.06. The van der Waals surface area contributed by atoms with Crippen LogP contribution in [0.25, 0.3) is 0 Å². The summed E-state index contributed by atoms with van der Waals surface area (Å²) < 4.78 is 5.80. The molecule has 162 valence electrons. The van der Waals surface area contributed by atoms with Crippen LogP contribution in [0.4, 0.5) is 0 Å². The zero-order valence-electron chi connectivity index (χ0n) is 17.3. The van der Waals surface area contributed by atoms with Crippen LogP contribution in [0.3, 0.4) is 0 Å². The third-order valence-electron chi connectivity index (χ3n) is 4.60. The lowest BCUT2D eigenvalue weighted by molar-refractivity contribution is -0.858. The van der Waals surface area contributed by atoms with Crippen LogP contribution in [0.2, 0.25) is 0 Å². The van der Waals surface area contributed by atoms with Gasteiger partial charge in [-0.1, -0.05) is 42.5 Å². The molecule has 0 saturated heterocycles. The first-order valence-corrected chi connectivity index (χ1v) is 9.59. The van der Waals surface area contributed by atoms with Crippen molar-refractivity contribution in [2.45, 2.75) is 25.5 Å². The van der Waals surface area contributed by atoms with Crippen molar-refractivity contribution in [1.82, 2.24) is 0 Å². The van der Waals surface area contributed by atoms with Crippen molar-refractivity contribution in [3.63, 3.8) is 0 Å². The van der Waals surface area contributed by atoms with Crippen molar-refractivity contribution in [3.05, 3.63) is 65.7 Å². The van der Waals surface area contributed by atoms with Crippen LogP contribution < -0.4 is 39.8 Å². The number of likely N-dealkylation sites (N-methyl/N-ethyl adjacent to an activating group) is 1. The number of Topliss-reactive ketones (excluding diaryl/α,β-unsaturated/α-hetero) is 1. The molecule has 7 heteroatoms. The van der Waals surface area contributed by atoms with E-state index in [1.807, 2.05) is 66.8 Å². The van der Waals surface area contributed by atoms with E-state index in [1.165, 1.54) is 4.90 Å². The number of carbonyl (C=O) groups is 1. The topological polar surface area (TPSA) is 67.6 Å².